The first kappa shape index (κ1) is 15.6. The molecule has 1 heterocycles. The van der Waals surface area contributed by atoms with Crippen LogP contribution < -0.4 is 5.32 Å². The number of nitrogens with one attached hydrogen (secondary N) is 1. The minimum absolute atomic E-state index is 0.0517. The molecule has 1 aromatic rings. The maximum atomic E-state index is 13.1. The van der Waals surface area contributed by atoms with E-state index < -0.39 is 12.0 Å². The van der Waals surface area contributed by atoms with Gasteiger partial charge in [0.1, 0.15) is 5.82 Å². The van der Waals surface area contributed by atoms with Crippen LogP contribution in [0, 0.1) is 11.7 Å². The number of rotatable bonds is 3. The third-order valence-corrected chi connectivity index (χ3v) is 3.84. The smallest absolute Gasteiger partial charge is 0.335 e. The lowest BCUT2D eigenvalue weighted by Crippen LogP contribution is -2.35. The number of halogens is 1. The summed E-state index contributed by atoms with van der Waals surface area (Å²) in [6.07, 6.45) is 1.87. The Morgan fingerprint density at radius 1 is 1.38 bits per heavy atom. The zero-order chi connectivity index (χ0) is 15.6. The second kappa shape index (κ2) is 6.30. The van der Waals surface area contributed by atoms with Crippen molar-refractivity contribution in [3.63, 3.8) is 0 Å². The Labute approximate surface area is 127 Å². The largest absolute Gasteiger partial charge is 0.478 e. The lowest BCUT2D eigenvalue weighted by atomic mass is 9.91. The number of carboxylic acids is 1. The highest BCUT2D eigenvalue weighted by atomic mass is 32.2. The molecular formula is C15H17FN2O2S. The summed E-state index contributed by atoms with van der Waals surface area (Å²) in [6.45, 7) is 3.87. The molecule has 21 heavy (non-hydrogen) atoms. The number of aliphatic carboxylic acids is 1. The van der Waals surface area contributed by atoms with Crippen molar-refractivity contribution in [3.8, 4) is 0 Å². The van der Waals surface area contributed by atoms with Crippen LogP contribution in [0.3, 0.4) is 0 Å². The van der Waals surface area contributed by atoms with Crippen molar-refractivity contribution in [2.75, 3.05) is 6.26 Å². The topological polar surface area (TPSA) is 61.7 Å². The molecule has 0 amide bonds. The zero-order valence-electron chi connectivity index (χ0n) is 12.1. The maximum Gasteiger partial charge on any atom is 0.335 e. The van der Waals surface area contributed by atoms with Gasteiger partial charge in [-0.1, -0.05) is 25.6 Å². The monoisotopic (exact) mass is 308 g/mol. The quantitative estimate of drug-likeness (QED) is 0.901. The predicted molar refractivity (Wildman–Crippen MR) is 83.7 cm³/mol. The second-order valence-corrected chi connectivity index (χ2v) is 5.85. The molecule has 6 heteroatoms. The molecule has 1 unspecified atom stereocenters. The SMILES string of the molecule is CSC1=NC(C(C)C)C(C(=O)O)=C(c2ccc(F)cc2)N1. The predicted octanol–water partition coefficient (Wildman–Crippen LogP) is 2.97. The molecule has 2 N–H and O–H groups in total. The van der Waals surface area contributed by atoms with Gasteiger partial charge in [-0.05, 0) is 42.0 Å². The van der Waals surface area contributed by atoms with Gasteiger partial charge < -0.3 is 10.4 Å². The molecule has 1 aliphatic heterocycles. The molecule has 0 saturated carbocycles. The molecule has 1 aliphatic rings. The summed E-state index contributed by atoms with van der Waals surface area (Å²) < 4.78 is 13.1. The Kier molecular flexibility index (Phi) is 4.67. The summed E-state index contributed by atoms with van der Waals surface area (Å²) in [7, 11) is 0. The first-order chi connectivity index (χ1) is 9.93. The van der Waals surface area contributed by atoms with Crippen LogP contribution in [-0.4, -0.2) is 28.5 Å². The van der Waals surface area contributed by atoms with Crippen LogP contribution in [0.5, 0.6) is 0 Å². The van der Waals surface area contributed by atoms with E-state index in [0.29, 0.717) is 16.4 Å². The van der Waals surface area contributed by atoms with Crippen LogP contribution in [0.15, 0.2) is 34.8 Å². The second-order valence-electron chi connectivity index (χ2n) is 5.05. The molecule has 2 rings (SSSR count). The van der Waals surface area contributed by atoms with Gasteiger partial charge in [0.2, 0.25) is 0 Å². The van der Waals surface area contributed by atoms with E-state index >= 15 is 0 Å². The van der Waals surface area contributed by atoms with Crippen LogP contribution in [0.25, 0.3) is 5.70 Å². The fourth-order valence-electron chi connectivity index (χ4n) is 2.21. The van der Waals surface area contributed by atoms with Crippen LogP contribution in [0.4, 0.5) is 4.39 Å². The number of nitrogens with zero attached hydrogens (tertiary/aromatic N) is 1. The molecule has 1 aromatic carbocycles. The van der Waals surface area contributed by atoms with Gasteiger partial charge in [0.05, 0.1) is 17.3 Å². The number of carboxylic acid groups (broad SMARTS) is 1. The maximum absolute atomic E-state index is 13.1. The van der Waals surface area contributed by atoms with Crippen LogP contribution in [-0.2, 0) is 4.79 Å². The number of carbonyl (C=O) groups is 1. The minimum Gasteiger partial charge on any atom is -0.478 e. The van der Waals surface area contributed by atoms with Crippen molar-refractivity contribution in [2.45, 2.75) is 19.9 Å². The zero-order valence-corrected chi connectivity index (χ0v) is 12.9. The van der Waals surface area contributed by atoms with E-state index in [4.69, 9.17) is 0 Å². The van der Waals surface area contributed by atoms with Crippen molar-refractivity contribution < 1.29 is 14.3 Å². The Bertz CT molecular complexity index is 609. The van der Waals surface area contributed by atoms with E-state index in [1.54, 1.807) is 12.1 Å². The van der Waals surface area contributed by atoms with Gasteiger partial charge in [-0.2, -0.15) is 0 Å². The molecule has 0 aromatic heterocycles. The minimum atomic E-state index is -1.01. The number of thioether (sulfide) groups is 1. The van der Waals surface area contributed by atoms with E-state index in [1.165, 1.54) is 23.9 Å². The van der Waals surface area contributed by atoms with E-state index in [-0.39, 0.29) is 17.3 Å². The van der Waals surface area contributed by atoms with Gasteiger partial charge in [0.25, 0.3) is 0 Å². The molecule has 0 fully saturated rings. The summed E-state index contributed by atoms with van der Waals surface area (Å²) in [6, 6.07) is 5.35. The number of amidine groups is 1. The lowest BCUT2D eigenvalue weighted by molar-refractivity contribution is -0.133. The number of hydrogen-bond donors (Lipinski definition) is 2. The Balaban J connectivity index is 2.57. The Morgan fingerprint density at radius 2 is 2.00 bits per heavy atom. The molecule has 0 radical (unpaired) electrons. The van der Waals surface area contributed by atoms with Gasteiger partial charge in [-0.3, -0.25) is 4.99 Å². The van der Waals surface area contributed by atoms with Gasteiger partial charge in [-0.25, -0.2) is 9.18 Å². The fourth-order valence-corrected chi connectivity index (χ4v) is 2.63. The fraction of sp³-hybridized carbons (Fsp3) is 0.333. The van der Waals surface area contributed by atoms with E-state index in [1.807, 2.05) is 20.1 Å². The normalized spacial score (nSPS) is 18.5. The summed E-state index contributed by atoms with van der Waals surface area (Å²) >= 11 is 1.42. The average molecular weight is 308 g/mol. The molecule has 0 aliphatic carbocycles. The molecular weight excluding hydrogens is 291 g/mol. The third kappa shape index (κ3) is 3.26. The highest BCUT2D eigenvalue weighted by molar-refractivity contribution is 8.13. The van der Waals surface area contributed by atoms with Gasteiger partial charge in [0.15, 0.2) is 5.17 Å². The summed E-state index contributed by atoms with van der Waals surface area (Å²) in [5.41, 5.74) is 1.34. The van der Waals surface area contributed by atoms with Crippen LogP contribution >= 0.6 is 11.8 Å². The number of benzene rings is 1. The van der Waals surface area contributed by atoms with Gasteiger partial charge >= 0.3 is 5.97 Å². The lowest BCUT2D eigenvalue weighted by Gasteiger charge is -2.28. The Morgan fingerprint density at radius 3 is 2.48 bits per heavy atom. The third-order valence-electron chi connectivity index (χ3n) is 3.24. The molecule has 0 saturated heterocycles. The van der Waals surface area contributed by atoms with E-state index in [2.05, 4.69) is 10.3 Å². The van der Waals surface area contributed by atoms with Crippen molar-refractivity contribution in [2.24, 2.45) is 10.9 Å². The molecule has 0 spiro atoms. The van der Waals surface area contributed by atoms with Crippen LogP contribution in [0.2, 0.25) is 0 Å². The van der Waals surface area contributed by atoms with Crippen molar-refractivity contribution in [1.82, 2.24) is 5.32 Å². The summed E-state index contributed by atoms with van der Waals surface area (Å²) in [5.74, 6) is -1.31. The van der Waals surface area contributed by atoms with E-state index in [0.717, 1.165) is 0 Å². The first-order valence-electron chi connectivity index (χ1n) is 6.56. The number of hydrogen-bond acceptors (Lipinski definition) is 4. The highest BCUT2D eigenvalue weighted by Gasteiger charge is 2.31. The van der Waals surface area contributed by atoms with E-state index in [9.17, 15) is 14.3 Å². The highest BCUT2D eigenvalue weighted by Crippen LogP contribution is 2.29. The molecule has 112 valence electrons. The van der Waals surface area contributed by atoms with Crippen LogP contribution in [0.1, 0.15) is 19.4 Å². The molecule has 0 bridgehead atoms. The molecule has 1 atom stereocenters. The van der Waals surface area contributed by atoms with Crippen molar-refractivity contribution in [3.05, 3.63) is 41.2 Å². The van der Waals surface area contributed by atoms with Gasteiger partial charge in [-0.15, -0.1) is 0 Å². The summed E-state index contributed by atoms with van der Waals surface area (Å²) in [4.78, 5) is 16.1. The molecule has 4 nitrogen and oxygen atoms in total. The van der Waals surface area contributed by atoms with Gasteiger partial charge in [0, 0.05) is 0 Å². The summed E-state index contributed by atoms with van der Waals surface area (Å²) in [5, 5.41) is 13.3. The average Bonchev–Trinajstić information content (AvgIpc) is 2.46. The Hall–Kier alpha value is -1.82. The van der Waals surface area contributed by atoms with Crippen molar-refractivity contribution >= 4 is 28.6 Å². The number of aliphatic imine (C=N–C) groups is 1. The standard InChI is InChI=1S/C15H17FN2O2S/c1-8(2)12-11(14(19)20)13(18-15(17-12)21-3)9-4-6-10(16)7-5-9/h4-8,12H,1-3H3,(H,17,18)(H,19,20). The first-order valence-corrected chi connectivity index (χ1v) is 7.78. The van der Waals surface area contributed by atoms with Crippen molar-refractivity contribution in [1.29, 1.82) is 0 Å².